The Bertz CT molecular complexity index is 808. The number of hydrogen-bond acceptors (Lipinski definition) is 5. The molecule has 0 fully saturated rings. The van der Waals surface area contributed by atoms with E-state index in [1.807, 2.05) is 57.2 Å². The molecule has 1 atom stereocenters. The molecule has 0 spiro atoms. The van der Waals surface area contributed by atoms with Crippen LogP contribution in [0.4, 0.5) is 0 Å². The molecule has 30 heavy (non-hydrogen) atoms. The molecule has 0 aliphatic rings. The molecular weight excluding hydrogens is 376 g/mol. The average molecular weight is 411 g/mol. The predicted molar refractivity (Wildman–Crippen MR) is 123 cm³/mol. The maximum Gasteiger partial charge on any atom is 0.137 e. The van der Waals surface area contributed by atoms with Crippen molar-refractivity contribution >= 4 is 0 Å². The second-order valence-corrected chi connectivity index (χ2v) is 6.39. The predicted octanol–water partition coefficient (Wildman–Crippen LogP) is 4.55. The van der Waals surface area contributed by atoms with Crippen LogP contribution in [0.5, 0.6) is 11.5 Å². The maximum atomic E-state index is 7.00. The number of aliphatic hydroxyl groups excluding tert-OH is 1. The Morgan fingerprint density at radius 3 is 2.17 bits per heavy atom. The van der Waals surface area contributed by atoms with Crippen molar-refractivity contribution in [3.05, 3.63) is 89.7 Å². The van der Waals surface area contributed by atoms with Crippen molar-refractivity contribution in [2.75, 3.05) is 13.7 Å². The molecule has 1 aromatic heterocycles. The minimum absolute atomic E-state index is 0.0772. The highest BCUT2D eigenvalue weighted by molar-refractivity contribution is 5.28. The van der Waals surface area contributed by atoms with E-state index in [0.717, 1.165) is 41.7 Å². The SMILES string of the molecule is CC.CO.Cc1cncc(OCC(N)Cc2ccc(OCc3ccccc3)cc2)c1. The van der Waals surface area contributed by atoms with Gasteiger partial charge in [0.1, 0.15) is 24.7 Å². The molecule has 0 saturated heterocycles. The van der Waals surface area contributed by atoms with Crippen LogP contribution in [0.15, 0.2) is 73.1 Å². The van der Waals surface area contributed by atoms with E-state index in [0.29, 0.717) is 13.2 Å². The molecule has 1 heterocycles. The topological polar surface area (TPSA) is 77.6 Å². The standard InChI is InChI=1S/C22H24N2O2.C2H6.CH4O/c1-17-11-22(14-24-13-17)26-16-20(23)12-18-7-9-21(10-8-18)25-15-19-5-3-2-4-6-19;2*1-2/h2-11,13-14,20H,12,15-16,23H2,1H3;1-2H3;2H,1H3. The summed E-state index contributed by atoms with van der Waals surface area (Å²) >= 11 is 0. The second-order valence-electron chi connectivity index (χ2n) is 6.39. The van der Waals surface area contributed by atoms with E-state index in [9.17, 15) is 0 Å². The number of pyridine rings is 1. The highest BCUT2D eigenvalue weighted by Gasteiger charge is 2.06. The molecule has 3 N–H and O–H groups in total. The van der Waals surface area contributed by atoms with Gasteiger partial charge in [-0.15, -0.1) is 0 Å². The van der Waals surface area contributed by atoms with Crippen LogP contribution >= 0.6 is 0 Å². The lowest BCUT2D eigenvalue weighted by atomic mass is 10.1. The summed E-state index contributed by atoms with van der Waals surface area (Å²) in [5.74, 6) is 1.61. The molecule has 162 valence electrons. The fourth-order valence-corrected chi connectivity index (χ4v) is 2.63. The van der Waals surface area contributed by atoms with Gasteiger partial charge in [0.25, 0.3) is 0 Å². The normalized spacial score (nSPS) is 10.6. The van der Waals surface area contributed by atoms with Gasteiger partial charge in [-0.25, -0.2) is 0 Å². The molecule has 2 aromatic carbocycles. The molecule has 0 amide bonds. The summed E-state index contributed by atoms with van der Waals surface area (Å²) in [6, 6.07) is 20.1. The maximum absolute atomic E-state index is 7.00. The van der Waals surface area contributed by atoms with E-state index in [1.165, 1.54) is 0 Å². The number of ether oxygens (including phenoxy) is 2. The van der Waals surface area contributed by atoms with Gasteiger partial charge in [0.15, 0.2) is 0 Å². The zero-order valence-electron chi connectivity index (χ0n) is 18.4. The van der Waals surface area contributed by atoms with Crippen molar-refractivity contribution in [2.24, 2.45) is 5.73 Å². The Labute approximate surface area is 180 Å². The van der Waals surface area contributed by atoms with Gasteiger partial charge in [-0.3, -0.25) is 4.98 Å². The summed E-state index contributed by atoms with van der Waals surface area (Å²) in [5.41, 5.74) is 9.58. The Morgan fingerprint density at radius 2 is 1.53 bits per heavy atom. The molecule has 3 aromatic rings. The summed E-state index contributed by atoms with van der Waals surface area (Å²) < 4.78 is 11.5. The third-order valence-corrected chi connectivity index (χ3v) is 3.98. The van der Waals surface area contributed by atoms with Gasteiger partial charge in [-0.2, -0.15) is 0 Å². The molecule has 0 bridgehead atoms. The molecule has 0 aliphatic carbocycles. The van der Waals surface area contributed by atoms with E-state index >= 15 is 0 Å². The molecule has 5 nitrogen and oxygen atoms in total. The number of aliphatic hydroxyl groups is 1. The minimum Gasteiger partial charge on any atom is -0.490 e. The largest absolute Gasteiger partial charge is 0.490 e. The van der Waals surface area contributed by atoms with Crippen LogP contribution in [0.2, 0.25) is 0 Å². The lowest BCUT2D eigenvalue weighted by Crippen LogP contribution is -2.30. The first-order valence-corrected chi connectivity index (χ1v) is 10.2. The van der Waals surface area contributed by atoms with Crippen molar-refractivity contribution in [1.82, 2.24) is 4.98 Å². The van der Waals surface area contributed by atoms with Crippen molar-refractivity contribution in [2.45, 2.75) is 39.8 Å². The van der Waals surface area contributed by atoms with Crippen LogP contribution in [0, 0.1) is 6.92 Å². The van der Waals surface area contributed by atoms with Crippen molar-refractivity contribution in [3.8, 4) is 11.5 Å². The molecule has 0 saturated carbocycles. The number of hydrogen-bond donors (Lipinski definition) is 2. The van der Waals surface area contributed by atoms with E-state index in [4.69, 9.17) is 20.3 Å². The van der Waals surface area contributed by atoms with Crippen LogP contribution in [-0.4, -0.2) is 29.8 Å². The third kappa shape index (κ3) is 9.54. The Morgan fingerprint density at radius 1 is 0.867 bits per heavy atom. The molecule has 5 heteroatoms. The molecular formula is C25H34N2O3. The Hall–Kier alpha value is -2.89. The van der Waals surface area contributed by atoms with Gasteiger partial charge in [0, 0.05) is 19.3 Å². The Balaban J connectivity index is 0.00000106. The fourth-order valence-electron chi connectivity index (χ4n) is 2.63. The van der Waals surface area contributed by atoms with Crippen LogP contribution in [0.25, 0.3) is 0 Å². The van der Waals surface area contributed by atoms with E-state index in [2.05, 4.69) is 29.2 Å². The summed E-state index contributed by atoms with van der Waals surface area (Å²) in [7, 11) is 1.00. The van der Waals surface area contributed by atoms with Gasteiger partial charge < -0.3 is 20.3 Å². The van der Waals surface area contributed by atoms with Gasteiger partial charge in [-0.05, 0) is 48.2 Å². The van der Waals surface area contributed by atoms with Crippen LogP contribution in [0.1, 0.15) is 30.5 Å². The van der Waals surface area contributed by atoms with Gasteiger partial charge in [0.05, 0.1) is 6.20 Å². The summed E-state index contributed by atoms with van der Waals surface area (Å²) in [4.78, 5) is 4.12. The van der Waals surface area contributed by atoms with Crippen LogP contribution in [0.3, 0.4) is 0 Å². The molecule has 0 radical (unpaired) electrons. The molecule has 0 aliphatic heterocycles. The van der Waals surface area contributed by atoms with E-state index in [-0.39, 0.29) is 6.04 Å². The average Bonchev–Trinajstić information content (AvgIpc) is 2.81. The number of nitrogens with zero attached hydrogens (tertiary/aromatic N) is 1. The smallest absolute Gasteiger partial charge is 0.137 e. The van der Waals surface area contributed by atoms with E-state index < -0.39 is 0 Å². The monoisotopic (exact) mass is 410 g/mol. The first kappa shape index (κ1) is 25.1. The van der Waals surface area contributed by atoms with Gasteiger partial charge in [-0.1, -0.05) is 56.3 Å². The quantitative estimate of drug-likeness (QED) is 0.569. The molecule has 1 unspecified atom stereocenters. The first-order valence-electron chi connectivity index (χ1n) is 10.2. The molecule has 3 rings (SSSR count). The zero-order valence-corrected chi connectivity index (χ0v) is 18.4. The highest BCUT2D eigenvalue weighted by atomic mass is 16.5. The number of benzene rings is 2. The summed E-state index contributed by atoms with van der Waals surface area (Å²) in [6.45, 7) is 7.01. The fraction of sp³-hybridized carbons (Fsp3) is 0.320. The summed E-state index contributed by atoms with van der Waals surface area (Å²) in [5, 5.41) is 7.00. The van der Waals surface area contributed by atoms with Crippen molar-refractivity contribution < 1.29 is 14.6 Å². The highest BCUT2D eigenvalue weighted by Crippen LogP contribution is 2.16. The van der Waals surface area contributed by atoms with E-state index in [1.54, 1.807) is 12.4 Å². The minimum atomic E-state index is -0.0772. The van der Waals surface area contributed by atoms with Crippen LogP contribution < -0.4 is 15.2 Å². The van der Waals surface area contributed by atoms with Crippen molar-refractivity contribution in [1.29, 1.82) is 0 Å². The number of aryl methyl sites for hydroxylation is 1. The Kier molecular flexibility index (Phi) is 12.6. The number of nitrogens with two attached hydrogens (primary N) is 1. The van der Waals surface area contributed by atoms with Crippen molar-refractivity contribution in [3.63, 3.8) is 0 Å². The third-order valence-electron chi connectivity index (χ3n) is 3.98. The summed E-state index contributed by atoms with van der Waals surface area (Å²) in [6.07, 6.45) is 4.25. The number of rotatable bonds is 8. The first-order chi connectivity index (χ1) is 14.7. The van der Waals surface area contributed by atoms with Gasteiger partial charge >= 0.3 is 0 Å². The zero-order chi connectivity index (χ0) is 22.2. The van der Waals surface area contributed by atoms with Crippen LogP contribution in [-0.2, 0) is 13.0 Å². The van der Waals surface area contributed by atoms with Gasteiger partial charge in [0.2, 0.25) is 0 Å². The number of aromatic nitrogens is 1. The lowest BCUT2D eigenvalue weighted by molar-refractivity contribution is 0.286. The lowest BCUT2D eigenvalue weighted by Gasteiger charge is -2.14. The second kappa shape index (κ2) is 15.0.